The molecule has 0 unspecified atom stereocenters. The zero-order valence-corrected chi connectivity index (χ0v) is 15.5. The minimum Gasteiger partial charge on any atom is -0.441 e. The molecule has 0 aliphatic carbocycles. The fourth-order valence-electron chi connectivity index (χ4n) is 2.39. The average Bonchev–Trinajstić information content (AvgIpc) is 3.09. The van der Waals surface area contributed by atoms with Crippen molar-refractivity contribution < 1.29 is 9.21 Å². The number of hydrogen-bond acceptors (Lipinski definition) is 3. The van der Waals surface area contributed by atoms with Gasteiger partial charge >= 0.3 is 0 Å². The number of amides is 1. The molecule has 0 radical (unpaired) electrons. The first-order valence-electron chi connectivity index (χ1n) is 8.13. The van der Waals surface area contributed by atoms with Crippen molar-refractivity contribution in [2.24, 2.45) is 0 Å². The van der Waals surface area contributed by atoms with E-state index < -0.39 is 0 Å². The first kappa shape index (κ1) is 17.4. The van der Waals surface area contributed by atoms with Crippen molar-refractivity contribution in [3.63, 3.8) is 0 Å². The number of oxazole rings is 1. The van der Waals surface area contributed by atoms with Crippen LogP contribution in [0.3, 0.4) is 0 Å². The van der Waals surface area contributed by atoms with Crippen molar-refractivity contribution >= 4 is 21.8 Å². The smallest absolute Gasteiger partial charge is 0.220 e. The summed E-state index contributed by atoms with van der Waals surface area (Å²) in [7, 11) is 0. The average molecular weight is 399 g/mol. The first-order chi connectivity index (χ1) is 12.1. The molecule has 1 N–H and O–H groups in total. The zero-order valence-electron chi connectivity index (χ0n) is 14.0. The van der Waals surface area contributed by atoms with Crippen molar-refractivity contribution in [3.05, 3.63) is 76.2 Å². The van der Waals surface area contributed by atoms with Crippen molar-refractivity contribution in [1.29, 1.82) is 0 Å². The summed E-state index contributed by atoms with van der Waals surface area (Å²) in [6.45, 7) is 2.58. The minimum absolute atomic E-state index is 0.0102. The highest BCUT2D eigenvalue weighted by Gasteiger charge is 2.09. The summed E-state index contributed by atoms with van der Waals surface area (Å²) in [5.41, 5.74) is 3.26. The van der Waals surface area contributed by atoms with Crippen LogP contribution < -0.4 is 5.32 Å². The van der Waals surface area contributed by atoms with Crippen LogP contribution in [0, 0.1) is 6.92 Å². The molecule has 1 heterocycles. The maximum absolute atomic E-state index is 12.0. The number of aryl methyl sites for hydroxylation is 2. The molecule has 3 rings (SSSR count). The second kappa shape index (κ2) is 8.12. The highest BCUT2D eigenvalue weighted by Crippen LogP contribution is 2.22. The molecule has 0 atom stereocenters. The number of rotatable bonds is 6. The summed E-state index contributed by atoms with van der Waals surface area (Å²) in [4.78, 5) is 16.2. The number of aromatic nitrogens is 1. The third-order valence-corrected chi connectivity index (χ3v) is 4.39. The molecule has 25 heavy (non-hydrogen) atoms. The summed E-state index contributed by atoms with van der Waals surface area (Å²) in [5, 5.41) is 2.92. The van der Waals surface area contributed by atoms with Gasteiger partial charge in [-0.05, 0) is 24.6 Å². The number of halogens is 1. The molecule has 0 aliphatic heterocycles. The number of benzene rings is 2. The van der Waals surface area contributed by atoms with Gasteiger partial charge < -0.3 is 9.73 Å². The van der Waals surface area contributed by atoms with Gasteiger partial charge in [-0.1, -0.05) is 57.9 Å². The molecule has 128 valence electrons. The van der Waals surface area contributed by atoms with Crippen LogP contribution in [0.15, 0.2) is 63.6 Å². The van der Waals surface area contributed by atoms with E-state index in [-0.39, 0.29) is 5.91 Å². The molecular formula is C20H19BrN2O2. The van der Waals surface area contributed by atoms with E-state index in [4.69, 9.17) is 4.42 Å². The Kier molecular flexibility index (Phi) is 5.66. The molecular weight excluding hydrogens is 380 g/mol. The molecule has 0 saturated heterocycles. The van der Waals surface area contributed by atoms with E-state index in [1.807, 2.05) is 55.5 Å². The Morgan fingerprint density at radius 3 is 2.56 bits per heavy atom. The van der Waals surface area contributed by atoms with Gasteiger partial charge in [-0.15, -0.1) is 0 Å². The fraction of sp³-hybridized carbons (Fsp3) is 0.200. The van der Waals surface area contributed by atoms with Crippen LogP contribution in [-0.2, 0) is 17.8 Å². The van der Waals surface area contributed by atoms with Crippen LogP contribution in [0.25, 0.3) is 11.3 Å². The zero-order chi connectivity index (χ0) is 17.6. The second-order valence-electron chi connectivity index (χ2n) is 5.89. The quantitative estimate of drug-likeness (QED) is 0.656. The Morgan fingerprint density at radius 1 is 1.12 bits per heavy atom. The molecule has 5 heteroatoms. The van der Waals surface area contributed by atoms with E-state index in [2.05, 4.69) is 26.2 Å². The lowest BCUT2D eigenvalue weighted by atomic mass is 10.1. The van der Waals surface area contributed by atoms with Gasteiger partial charge in [-0.3, -0.25) is 4.79 Å². The Hall–Kier alpha value is -2.40. The third kappa shape index (κ3) is 5.03. The largest absolute Gasteiger partial charge is 0.441 e. The second-order valence-corrected chi connectivity index (χ2v) is 6.80. The van der Waals surface area contributed by atoms with E-state index >= 15 is 0 Å². The van der Waals surface area contributed by atoms with Crippen LogP contribution in [0.1, 0.15) is 23.4 Å². The molecule has 0 fully saturated rings. The van der Waals surface area contributed by atoms with E-state index in [0.29, 0.717) is 31.0 Å². The maximum Gasteiger partial charge on any atom is 0.220 e. The lowest BCUT2D eigenvalue weighted by Crippen LogP contribution is -2.23. The van der Waals surface area contributed by atoms with E-state index in [9.17, 15) is 4.79 Å². The predicted octanol–water partition coefficient (Wildman–Crippen LogP) is 4.66. The molecule has 1 aromatic heterocycles. The Balaban J connectivity index is 1.49. The molecule has 3 aromatic rings. The SMILES string of the molecule is Cc1ccc(CNC(=O)CCc2ncc(-c3ccc(Br)cc3)o2)cc1. The summed E-state index contributed by atoms with van der Waals surface area (Å²) in [6, 6.07) is 16.0. The lowest BCUT2D eigenvalue weighted by Gasteiger charge is -2.05. The standard InChI is InChI=1S/C20H19BrN2O2/c1-14-2-4-15(5-3-14)12-22-19(24)10-11-20-23-13-18(25-20)16-6-8-17(21)9-7-16/h2-9,13H,10-12H2,1H3,(H,22,24). The summed E-state index contributed by atoms with van der Waals surface area (Å²) >= 11 is 3.41. The highest BCUT2D eigenvalue weighted by atomic mass is 79.9. The first-order valence-corrected chi connectivity index (χ1v) is 8.92. The number of carbonyl (C=O) groups is 1. The Morgan fingerprint density at radius 2 is 1.84 bits per heavy atom. The summed E-state index contributed by atoms with van der Waals surface area (Å²) in [6.07, 6.45) is 2.53. The molecule has 0 spiro atoms. The van der Waals surface area contributed by atoms with Crippen molar-refractivity contribution in [2.45, 2.75) is 26.3 Å². The van der Waals surface area contributed by atoms with Gasteiger partial charge in [0, 0.05) is 29.4 Å². The van der Waals surface area contributed by atoms with Gasteiger partial charge in [0.25, 0.3) is 0 Å². The number of carbonyl (C=O) groups excluding carboxylic acids is 1. The van der Waals surface area contributed by atoms with Crippen molar-refractivity contribution in [3.8, 4) is 11.3 Å². The van der Waals surface area contributed by atoms with Crippen molar-refractivity contribution in [1.82, 2.24) is 10.3 Å². The normalized spacial score (nSPS) is 10.6. The fourth-order valence-corrected chi connectivity index (χ4v) is 2.65. The van der Waals surface area contributed by atoms with E-state index in [1.54, 1.807) is 6.20 Å². The molecule has 1 amide bonds. The summed E-state index contributed by atoms with van der Waals surface area (Å²) < 4.78 is 6.74. The third-order valence-electron chi connectivity index (χ3n) is 3.86. The lowest BCUT2D eigenvalue weighted by molar-refractivity contribution is -0.121. The van der Waals surface area contributed by atoms with Crippen molar-refractivity contribution in [2.75, 3.05) is 0 Å². The van der Waals surface area contributed by atoms with Gasteiger partial charge in [0.05, 0.1) is 6.20 Å². The van der Waals surface area contributed by atoms with Gasteiger partial charge in [0.15, 0.2) is 11.7 Å². The number of nitrogens with zero attached hydrogens (tertiary/aromatic N) is 1. The predicted molar refractivity (Wildman–Crippen MR) is 101 cm³/mol. The summed E-state index contributed by atoms with van der Waals surface area (Å²) in [5.74, 6) is 1.27. The molecule has 0 bridgehead atoms. The van der Waals surface area contributed by atoms with Gasteiger partial charge in [0.2, 0.25) is 5.91 Å². The van der Waals surface area contributed by atoms with Crippen LogP contribution in [0.2, 0.25) is 0 Å². The van der Waals surface area contributed by atoms with Crippen LogP contribution >= 0.6 is 15.9 Å². The number of nitrogens with one attached hydrogen (secondary N) is 1. The Bertz CT molecular complexity index is 839. The minimum atomic E-state index is -0.0102. The van der Waals surface area contributed by atoms with Gasteiger partial charge in [-0.25, -0.2) is 4.98 Å². The molecule has 4 nitrogen and oxygen atoms in total. The monoisotopic (exact) mass is 398 g/mol. The maximum atomic E-state index is 12.0. The Labute approximate surface area is 155 Å². The highest BCUT2D eigenvalue weighted by molar-refractivity contribution is 9.10. The van der Waals surface area contributed by atoms with E-state index in [1.165, 1.54) is 5.56 Å². The molecule has 2 aromatic carbocycles. The van der Waals surface area contributed by atoms with Gasteiger partial charge in [-0.2, -0.15) is 0 Å². The van der Waals surface area contributed by atoms with E-state index in [0.717, 1.165) is 15.6 Å². The molecule has 0 aliphatic rings. The molecule has 0 saturated carbocycles. The topological polar surface area (TPSA) is 55.1 Å². The van der Waals surface area contributed by atoms with Crippen LogP contribution in [0.4, 0.5) is 0 Å². The van der Waals surface area contributed by atoms with Gasteiger partial charge in [0.1, 0.15) is 0 Å². The number of hydrogen-bond donors (Lipinski definition) is 1. The van der Waals surface area contributed by atoms with Crippen LogP contribution in [-0.4, -0.2) is 10.9 Å². The van der Waals surface area contributed by atoms with Crippen LogP contribution in [0.5, 0.6) is 0 Å².